The second kappa shape index (κ2) is 5.90. The van der Waals surface area contributed by atoms with Crippen LogP contribution in [0.15, 0.2) is 0 Å². The first-order chi connectivity index (χ1) is 6.40. The Hall–Kier alpha value is -0.710. The normalized spacial score (nSPS) is 14.9. The minimum absolute atomic E-state index is 0.122. The zero-order chi connectivity index (χ0) is 11.3. The van der Waals surface area contributed by atoms with Crippen LogP contribution >= 0.6 is 12.6 Å². The standard InChI is InChI=1S/C9H17NO3S/c1-5(2)7(9(12)13)10-8(11)6(3)4-14/h5-7,14H,4H2,1-3H3,(H,10,11)(H,12,13)/t6-,7+/m0/s1. The van der Waals surface area contributed by atoms with Gasteiger partial charge in [0.2, 0.25) is 5.91 Å². The molecule has 0 aliphatic carbocycles. The van der Waals surface area contributed by atoms with Crippen LogP contribution in [0.2, 0.25) is 0 Å². The molecule has 0 heterocycles. The lowest BCUT2D eigenvalue weighted by Gasteiger charge is -2.19. The monoisotopic (exact) mass is 219 g/mol. The Labute approximate surface area is 89.5 Å². The van der Waals surface area contributed by atoms with Crippen molar-refractivity contribution in [3.05, 3.63) is 0 Å². The summed E-state index contributed by atoms with van der Waals surface area (Å²) in [6.45, 7) is 5.22. The lowest BCUT2D eigenvalue weighted by Crippen LogP contribution is -2.46. The molecule has 0 spiro atoms. The Bertz CT molecular complexity index is 218. The maximum absolute atomic E-state index is 11.4. The smallest absolute Gasteiger partial charge is 0.326 e. The number of aliphatic carboxylic acids is 1. The fraction of sp³-hybridized carbons (Fsp3) is 0.778. The van der Waals surface area contributed by atoms with E-state index < -0.39 is 12.0 Å². The van der Waals surface area contributed by atoms with Gasteiger partial charge in [0.15, 0.2) is 0 Å². The van der Waals surface area contributed by atoms with Crippen molar-refractivity contribution in [3.8, 4) is 0 Å². The van der Waals surface area contributed by atoms with Crippen molar-refractivity contribution in [1.82, 2.24) is 5.32 Å². The summed E-state index contributed by atoms with van der Waals surface area (Å²) in [4.78, 5) is 22.1. The van der Waals surface area contributed by atoms with Gasteiger partial charge in [-0.05, 0) is 5.92 Å². The molecule has 2 N–H and O–H groups in total. The van der Waals surface area contributed by atoms with E-state index in [1.807, 2.05) is 0 Å². The average molecular weight is 219 g/mol. The number of hydrogen-bond donors (Lipinski definition) is 3. The van der Waals surface area contributed by atoms with Gasteiger partial charge in [0.05, 0.1) is 0 Å². The number of carbonyl (C=O) groups is 2. The highest BCUT2D eigenvalue weighted by Crippen LogP contribution is 2.04. The van der Waals surface area contributed by atoms with Crippen LogP contribution in [0.4, 0.5) is 0 Å². The third-order valence-corrected chi connectivity index (χ3v) is 2.50. The van der Waals surface area contributed by atoms with Gasteiger partial charge in [0, 0.05) is 11.7 Å². The van der Waals surface area contributed by atoms with Gasteiger partial charge in [-0.25, -0.2) is 4.79 Å². The molecule has 4 nitrogen and oxygen atoms in total. The van der Waals surface area contributed by atoms with Crippen LogP contribution in [0.1, 0.15) is 20.8 Å². The molecule has 0 unspecified atom stereocenters. The van der Waals surface area contributed by atoms with E-state index in [0.717, 1.165) is 0 Å². The first kappa shape index (κ1) is 13.3. The lowest BCUT2D eigenvalue weighted by atomic mass is 10.0. The van der Waals surface area contributed by atoms with Crippen molar-refractivity contribution < 1.29 is 14.7 Å². The average Bonchev–Trinajstić information content (AvgIpc) is 2.11. The SMILES string of the molecule is CC(C)[C@@H](NC(=O)[C@@H](C)CS)C(=O)O. The minimum Gasteiger partial charge on any atom is -0.480 e. The van der Waals surface area contributed by atoms with Crippen LogP contribution in [0.3, 0.4) is 0 Å². The predicted octanol–water partition coefficient (Wildman–Crippen LogP) is 0.778. The summed E-state index contributed by atoms with van der Waals surface area (Å²) in [5, 5.41) is 11.3. The summed E-state index contributed by atoms with van der Waals surface area (Å²) in [5.74, 6) is -1.24. The fourth-order valence-electron chi connectivity index (χ4n) is 0.892. The summed E-state index contributed by atoms with van der Waals surface area (Å²) in [6, 6.07) is -0.815. The molecule has 0 aromatic heterocycles. The van der Waals surface area contributed by atoms with Crippen molar-refractivity contribution in [1.29, 1.82) is 0 Å². The van der Waals surface area contributed by atoms with Crippen molar-refractivity contribution in [3.63, 3.8) is 0 Å². The van der Waals surface area contributed by atoms with Gasteiger partial charge in [0.25, 0.3) is 0 Å². The number of nitrogens with one attached hydrogen (secondary N) is 1. The first-order valence-electron chi connectivity index (χ1n) is 4.54. The van der Waals surface area contributed by atoms with Crippen LogP contribution in [0, 0.1) is 11.8 Å². The number of carboxylic acids is 1. The highest BCUT2D eigenvalue weighted by Gasteiger charge is 2.24. The van der Waals surface area contributed by atoms with Gasteiger partial charge in [-0.1, -0.05) is 20.8 Å². The highest BCUT2D eigenvalue weighted by atomic mass is 32.1. The van der Waals surface area contributed by atoms with Gasteiger partial charge in [0.1, 0.15) is 6.04 Å². The largest absolute Gasteiger partial charge is 0.480 e. The molecule has 5 heteroatoms. The molecule has 0 saturated carbocycles. The molecule has 0 radical (unpaired) electrons. The number of rotatable bonds is 5. The second-order valence-corrected chi connectivity index (χ2v) is 4.02. The molecule has 0 aliphatic rings. The summed E-state index contributed by atoms with van der Waals surface area (Å²) in [7, 11) is 0. The Kier molecular flexibility index (Phi) is 5.60. The molecule has 0 bridgehead atoms. The topological polar surface area (TPSA) is 66.4 Å². The van der Waals surface area contributed by atoms with Crippen LogP contribution < -0.4 is 5.32 Å². The summed E-state index contributed by atoms with van der Waals surface area (Å²) in [6.07, 6.45) is 0. The van der Waals surface area contributed by atoms with Crippen LogP contribution in [-0.4, -0.2) is 28.8 Å². The molecule has 2 atom stereocenters. The van der Waals surface area contributed by atoms with E-state index in [9.17, 15) is 9.59 Å². The maximum atomic E-state index is 11.4. The molecule has 0 saturated heterocycles. The summed E-state index contributed by atoms with van der Waals surface area (Å²) >= 11 is 3.97. The van der Waals surface area contributed by atoms with Gasteiger partial charge in [-0.15, -0.1) is 0 Å². The number of carbonyl (C=O) groups excluding carboxylic acids is 1. The molecule has 0 aliphatic heterocycles. The van der Waals surface area contributed by atoms with Crippen LogP contribution in [0.25, 0.3) is 0 Å². The third-order valence-electron chi connectivity index (χ3n) is 1.95. The van der Waals surface area contributed by atoms with E-state index in [1.54, 1.807) is 20.8 Å². The number of thiol groups is 1. The first-order valence-corrected chi connectivity index (χ1v) is 5.17. The molecule has 14 heavy (non-hydrogen) atoms. The Balaban J connectivity index is 4.31. The van der Waals surface area contributed by atoms with Crippen LogP contribution in [-0.2, 0) is 9.59 Å². The van der Waals surface area contributed by atoms with E-state index in [1.165, 1.54) is 0 Å². The van der Waals surface area contributed by atoms with Gasteiger partial charge in [-0.3, -0.25) is 4.79 Å². The summed E-state index contributed by atoms with van der Waals surface area (Å²) in [5.41, 5.74) is 0. The minimum atomic E-state index is -1.00. The molecule has 0 aromatic rings. The van der Waals surface area contributed by atoms with Gasteiger partial charge < -0.3 is 10.4 Å². The maximum Gasteiger partial charge on any atom is 0.326 e. The molecular formula is C9H17NO3S. The number of hydrogen-bond acceptors (Lipinski definition) is 3. The fourth-order valence-corrected chi connectivity index (χ4v) is 1.06. The zero-order valence-electron chi connectivity index (χ0n) is 8.65. The highest BCUT2D eigenvalue weighted by molar-refractivity contribution is 7.80. The Morgan fingerprint density at radius 2 is 1.86 bits per heavy atom. The lowest BCUT2D eigenvalue weighted by molar-refractivity contribution is -0.143. The van der Waals surface area contributed by atoms with Gasteiger partial charge >= 0.3 is 5.97 Å². The van der Waals surface area contributed by atoms with Gasteiger partial charge in [-0.2, -0.15) is 12.6 Å². The molecule has 0 rings (SSSR count). The van der Waals surface area contributed by atoms with E-state index in [4.69, 9.17) is 5.11 Å². The summed E-state index contributed by atoms with van der Waals surface area (Å²) < 4.78 is 0. The van der Waals surface area contributed by atoms with Crippen molar-refractivity contribution >= 4 is 24.5 Å². The molecule has 82 valence electrons. The van der Waals surface area contributed by atoms with Crippen molar-refractivity contribution in [2.24, 2.45) is 11.8 Å². The van der Waals surface area contributed by atoms with Crippen LogP contribution in [0.5, 0.6) is 0 Å². The Morgan fingerprint density at radius 3 is 2.14 bits per heavy atom. The number of amides is 1. The van der Waals surface area contributed by atoms with Crippen molar-refractivity contribution in [2.75, 3.05) is 5.75 Å². The quantitative estimate of drug-likeness (QED) is 0.599. The van der Waals surface area contributed by atoms with E-state index in [0.29, 0.717) is 5.75 Å². The molecule has 0 aromatic carbocycles. The molecule has 1 amide bonds. The van der Waals surface area contributed by atoms with Crippen molar-refractivity contribution in [2.45, 2.75) is 26.8 Å². The van der Waals surface area contributed by atoms with E-state index in [-0.39, 0.29) is 17.7 Å². The predicted molar refractivity (Wildman–Crippen MR) is 57.4 cm³/mol. The van der Waals surface area contributed by atoms with E-state index in [2.05, 4.69) is 17.9 Å². The number of carboxylic acid groups (broad SMARTS) is 1. The zero-order valence-corrected chi connectivity index (χ0v) is 9.54. The molecule has 0 fully saturated rings. The third kappa shape index (κ3) is 4.00. The van der Waals surface area contributed by atoms with E-state index >= 15 is 0 Å². The Morgan fingerprint density at radius 1 is 1.36 bits per heavy atom. The molecular weight excluding hydrogens is 202 g/mol. The second-order valence-electron chi connectivity index (χ2n) is 3.65.